The van der Waals surface area contributed by atoms with Crippen LogP contribution in [-0.4, -0.2) is 17.2 Å². The number of aromatic amines is 1. The zero-order valence-corrected chi connectivity index (χ0v) is 10.7. The molecular formula is C13H14ClNO3. The number of nitrogens with one attached hydrogen (secondary N) is 1. The summed E-state index contributed by atoms with van der Waals surface area (Å²) in [7, 11) is 0. The minimum absolute atomic E-state index is 0.0322. The summed E-state index contributed by atoms with van der Waals surface area (Å²) in [5.74, 6) is -0.445. The summed E-state index contributed by atoms with van der Waals surface area (Å²) in [6, 6.07) is 5.51. The quantitative estimate of drug-likeness (QED) is 0.851. The van der Waals surface area contributed by atoms with Crippen LogP contribution in [0, 0.1) is 0 Å². The molecule has 3 unspecified atom stereocenters. The highest BCUT2D eigenvalue weighted by molar-refractivity contribution is 6.21. The van der Waals surface area contributed by atoms with E-state index in [9.17, 15) is 4.79 Å². The van der Waals surface area contributed by atoms with Gasteiger partial charge in [-0.3, -0.25) is 4.98 Å². The SMILES string of the molecule is CC1CCC(C(Cl)c2ccc3[nH]c(=O)oc3c2)O1. The van der Waals surface area contributed by atoms with Crippen molar-refractivity contribution in [3.05, 3.63) is 34.3 Å². The largest absolute Gasteiger partial charge is 0.417 e. The molecule has 2 aromatic rings. The van der Waals surface area contributed by atoms with E-state index < -0.39 is 5.76 Å². The van der Waals surface area contributed by atoms with Gasteiger partial charge >= 0.3 is 5.76 Å². The summed E-state index contributed by atoms with van der Waals surface area (Å²) in [4.78, 5) is 13.7. The van der Waals surface area contributed by atoms with Gasteiger partial charge in [-0.25, -0.2) is 4.79 Å². The van der Waals surface area contributed by atoms with Crippen molar-refractivity contribution in [2.75, 3.05) is 0 Å². The molecule has 3 atom stereocenters. The maximum Gasteiger partial charge on any atom is 0.417 e. The van der Waals surface area contributed by atoms with Gasteiger partial charge in [0.2, 0.25) is 0 Å². The molecule has 0 amide bonds. The van der Waals surface area contributed by atoms with Gasteiger partial charge < -0.3 is 9.15 Å². The van der Waals surface area contributed by atoms with Gasteiger partial charge in [0, 0.05) is 0 Å². The number of rotatable bonds is 2. The molecule has 0 bridgehead atoms. The van der Waals surface area contributed by atoms with Crippen LogP contribution >= 0.6 is 11.6 Å². The molecule has 0 aliphatic carbocycles. The van der Waals surface area contributed by atoms with Crippen molar-refractivity contribution in [1.82, 2.24) is 4.98 Å². The van der Waals surface area contributed by atoms with Gasteiger partial charge in [-0.15, -0.1) is 11.6 Å². The first kappa shape index (κ1) is 11.8. The van der Waals surface area contributed by atoms with Crippen molar-refractivity contribution < 1.29 is 9.15 Å². The molecule has 2 heterocycles. The molecule has 4 nitrogen and oxygen atoms in total. The molecule has 1 N–H and O–H groups in total. The van der Waals surface area contributed by atoms with Crippen LogP contribution in [0.5, 0.6) is 0 Å². The van der Waals surface area contributed by atoms with Crippen molar-refractivity contribution in [3.63, 3.8) is 0 Å². The van der Waals surface area contributed by atoms with Crippen LogP contribution in [0.3, 0.4) is 0 Å². The van der Waals surface area contributed by atoms with Crippen molar-refractivity contribution in [1.29, 1.82) is 0 Å². The van der Waals surface area contributed by atoms with Crippen LogP contribution in [0.1, 0.15) is 30.7 Å². The van der Waals surface area contributed by atoms with Crippen LogP contribution in [0.2, 0.25) is 0 Å². The highest BCUT2D eigenvalue weighted by Gasteiger charge is 2.29. The number of benzene rings is 1. The molecular weight excluding hydrogens is 254 g/mol. The van der Waals surface area contributed by atoms with Crippen LogP contribution in [-0.2, 0) is 4.74 Å². The highest BCUT2D eigenvalue weighted by atomic mass is 35.5. The normalized spacial score (nSPS) is 25.7. The monoisotopic (exact) mass is 267 g/mol. The van der Waals surface area contributed by atoms with Crippen LogP contribution < -0.4 is 5.76 Å². The van der Waals surface area contributed by atoms with Gasteiger partial charge in [0.05, 0.1) is 23.1 Å². The number of hydrogen-bond donors (Lipinski definition) is 1. The lowest BCUT2D eigenvalue weighted by molar-refractivity contribution is 0.0533. The third kappa shape index (κ3) is 2.06. The Balaban J connectivity index is 1.91. The minimum Gasteiger partial charge on any atom is -0.408 e. The zero-order valence-electron chi connectivity index (χ0n) is 9.98. The average molecular weight is 268 g/mol. The standard InChI is InChI=1S/C13H14ClNO3/c1-7-2-5-10(17-7)12(14)8-3-4-9-11(6-8)18-13(16)15-9/h3-4,6-7,10,12H,2,5H2,1H3,(H,15,16). The Morgan fingerprint density at radius 3 is 3.00 bits per heavy atom. The summed E-state index contributed by atoms with van der Waals surface area (Å²) in [5, 5.41) is -0.209. The molecule has 3 rings (SSSR count). The highest BCUT2D eigenvalue weighted by Crippen LogP contribution is 2.35. The Hall–Kier alpha value is -1.26. The zero-order chi connectivity index (χ0) is 12.7. The van der Waals surface area contributed by atoms with Gasteiger partial charge in [-0.05, 0) is 37.5 Å². The van der Waals surface area contributed by atoms with E-state index in [4.69, 9.17) is 20.8 Å². The number of ether oxygens (including phenoxy) is 1. The smallest absolute Gasteiger partial charge is 0.408 e. The number of fused-ring (bicyclic) bond motifs is 1. The number of H-pyrrole nitrogens is 1. The van der Waals surface area contributed by atoms with Gasteiger partial charge in [0.15, 0.2) is 5.58 Å². The van der Waals surface area contributed by atoms with Crippen LogP contribution in [0.4, 0.5) is 0 Å². The molecule has 1 aliphatic rings. The number of halogens is 1. The fourth-order valence-electron chi connectivity index (χ4n) is 2.40. The van der Waals surface area contributed by atoms with E-state index in [1.165, 1.54) is 0 Å². The number of alkyl halides is 1. The molecule has 1 fully saturated rings. The molecule has 1 aromatic carbocycles. The summed E-state index contributed by atoms with van der Waals surface area (Å²) in [6.45, 7) is 2.05. The fraction of sp³-hybridized carbons (Fsp3) is 0.462. The number of hydrogen-bond acceptors (Lipinski definition) is 3. The first-order valence-electron chi connectivity index (χ1n) is 6.06. The Labute approximate surface area is 109 Å². The van der Waals surface area contributed by atoms with Gasteiger partial charge in [-0.2, -0.15) is 0 Å². The molecule has 96 valence electrons. The second kappa shape index (κ2) is 4.44. The Morgan fingerprint density at radius 2 is 2.28 bits per heavy atom. The molecule has 0 spiro atoms. The first-order valence-corrected chi connectivity index (χ1v) is 6.49. The molecule has 5 heteroatoms. The topological polar surface area (TPSA) is 55.2 Å². The van der Waals surface area contributed by atoms with Crippen LogP contribution in [0.25, 0.3) is 11.1 Å². The van der Waals surface area contributed by atoms with Crippen molar-refractivity contribution in [3.8, 4) is 0 Å². The predicted octanol–water partition coefficient (Wildman–Crippen LogP) is 2.97. The Kier molecular flexibility index (Phi) is 2.92. The maximum absolute atomic E-state index is 11.1. The third-order valence-corrected chi connectivity index (χ3v) is 3.89. The first-order chi connectivity index (χ1) is 8.63. The van der Waals surface area contributed by atoms with E-state index in [1.54, 1.807) is 6.07 Å². The van der Waals surface area contributed by atoms with E-state index in [0.717, 1.165) is 18.4 Å². The van der Waals surface area contributed by atoms with Gasteiger partial charge in [0.25, 0.3) is 0 Å². The lowest BCUT2D eigenvalue weighted by Crippen LogP contribution is -2.14. The molecule has 1 aliphatic heterocycles. The Bertz CT molecular complexity index is 618. The van der Waals surface area contributed by atoms with E-state index in [1.807, 2.05) is 12.1 Å². The third-order valence-electron chi connectivity index (χ3n) is 3.35. The van der Waals surface area contributed by atoms with Crippen molar-refractivity contribution >= 4 is 22.7 Å². The maximum atomic E-state index is 11.1. The molecule has 18 heavy (non-hydrogen) atoms. The van der Waals surface area contributed by atoms with Crippen LogP contribution in [0.15, 0.2) is 27.4 Å². The average Bonchev–Trinajstić information content (AvgIpc) is 2.92. The molecule has 0 radical (unpaired) electrons. The van der Waals surface area contributed by atoms with E-state index >= 15 is 0 Å². The predicted molar refractivity (Wildman–Crippen MR) is 69.0 cm³/mol. The lowest BCUT2D eigenvalue weighted by atomic mass is 10.0. The number of oxazole rings is 1. The van der Waals surface area contributed by atoms with E-state index in [-0.39, 0.29) is 17.6 Å². The summed E-state index contributed by atoms with van der Waals surface area (Å²) >= 11 is 6.43. The summed E-state index contributed by atoms with van der Waals surface area (Å²) in [6.07, 6.45) is 2.30. The van der Waals surface area contributed by atoms with Crippen molar-refractivity contribution in [2.45, 2.75) is 37.4 Å². The summed E-state index contributed by atoms with van der Waals surface area (Å²) in [5.41, 5.74) is 2.15. The minimum atomic E-state index is -0.445. The molecule has 1 saturated heterocycles. The fourth-order valence-corrected chi connectivity index (χ4v) is 2.72. The molecule has 0 saturated carbocycles. The van der Waals surface area contributed by atoms with E-state index in [0.29, 0.717) is 11.1 Å². The Morgan fingerprint density at radius 1 is 1.44 bits per heavy atom. The molecule has 1 aromatic heterocycles. The van der Waals surface area contributed by atoms with Gasteiger partial charge in [-0.1, -0.05) is 6.07 Å². The van der Waals surface area contributed by atoms with Crippen molar-refractivity contribution in [2.24, 2.45) is 0 Å². The second-order valence-electron chi connectivity index (χ2n) is 4.73. The number of aromatic nitrogens is 1. The summed E-state index contributed by atoms with van der Waals surface area (Å²) < 4.78 is 10.8. The van der Waals surface area contributed by atoms with E-state index in [2.05, 4.69) is 11.9 Å². The lowest BCUT2D eigenvalue weighted by Gasteiger charge is -2.17. The van der Waals surface area contributed by atoms with Gasteiger partial charge in [0.1, 0.15) is 0 Å². The second-order valence-corrected chi connectivity index (χ2v) is 5.20.